The van der Waals surface area contributed by atoms with Crippen molar-refractivity contribution in [2.24, 2.45) is 0 Å². The van der Waals surface area contributed by atoms with Crippen LogP contribution in [0.4, 0.5) is 0 Å². The number of hydrogen-bond donors (Lipinski definition) is 1. The molecule has 0 amide bonds. The molecular formula is C11H15NO3. The predicted molar refractivity (Wildman–Crippen MR) is 56.3 cm³/mol. The highest BCUT2D eigenvalue weighted by Gasteiger charge is 2.18. The van der Waals surface area contributed by atoms with E-state index in [1.165, 1.54) is 0 Å². The molecule has 0 saturated carbocycles. The molecule has 0 unspecified atom stereocenters. The first kappa shape index (κ1) is 11.5. The van der Waals surface area contributed by atoms with E-state index in [1.54, 1.807) is 13.8 Å². The van der Waals surface area contributed by atoms with Gasteiger partial charge in [-0.3, -0.25) is 4.79 Å². The van der Waals surface area contributed by atoms with Gasteiger partial charge in [0.2, 0.25) is 0 Å². The molecule has 1 heterocycles. The summed E-state index contributed by atoms with van der Waals surface area (Å²) in [5.74, 6) is -0.405. The molecule has 0 atom stereocenters. The van der Waals surface area contributed by atoms with Crippen molar-refractivity contribution in [1.29, 1.82) is 0 Å². The first-order valence-electron chi connectivity index (χ1n) is 4.99. The van der Waals surface area contributed by atoms with Gasteiger partial charge >= 0.3 is 5.97 Å². The van der Waals surface area contributed by atoms with Gasteiger partial charge in [-0.2, -0.15) is 0 Å². The lowest BCUT2D eigenvalue weighted by Gasteiger charge is -1.99. The summed E-state index contributed by atoms with van der Waals surface area (Å²) in [6.45, 7) is 5.74. The quantitative estimate of drug-likeness (QED) is 0.608. The lowest BCUT2D eigenvalue weighted by molar-refractivity contribution is 0.0519. The van der Waals surface area contributed by atoms with Crippen molar-refractivity contribution in [3.05, 3.63) is 22.5 Å². The molecule has 4 heteroatoms. The molecule has 1 rings (SSSR count). The zero-order valence-electron chi connectivity index (χ0n) is 9.22. The normalized spacial score (nSPS) is 10.1. The number of ether oxygens (including phenoxy) is 1. The maximum atomic E-state index is 11.5. The molecule has 0 bridgehead atoms. The van der Waals surface area contributed by atoms with Gasteiger partial charge in [0.25, 0.3) is 0 Å². The van der Waals surface area contributed by atoms with E-state index in [0.717, 1.165) is 12.0 Å². The van der Waals surface area contributed by atoms with Gasteiger partial charge in [0.05, 0.1) is 6.61 Å². The van der Waals surface area contributed by atoms with Crippen molar-refractivity contribution in [3.63, 3.8) is 0 Å². The molecule has 0 aliphatic rings. The zero-order valence-corrected chi connectivity index (χ0v) is 9.22. The van der Waals surface area contributed by atoms with Crippen LogP contribution in [0.3, 0.4) is 0 Å². The van der Waals surface area contributed by atoms with Crippen LogP contribution in [0, 0.1) is 6.92 Å². The average molecular weight is 209 g/mol. The van der Waals surface area contributed by atoms with Gasteiger partial charge in [0.15, 0.2) is 6.29 Å². The largest absolute Gasteiger partial charge is 0.461 e. The summed E-state index contributed by atoms with van der Waals surface area (Å²) in [7, 11) is 0. The molecule has 0 saturated heterocycles. The van der Waals surface area contributed by atoms with E-state index in [2.05, 4.69) is 4.98 Å². The van der Waals surface area contributed by atoms with Crippen LogP contribution in [0.15, 0.2) is 0 Å². The highest BCUT2D eigenvalue weighted by molar-refractivity contribution is 5.93. The van der Waals surface area contributed by atoms with Crippen molar-refractivity contribution in [2.45, 2.75) is 27.2 Å². The number of esters is 1. The summed E-state index contributed by atoms with van der Waals surface area (Å²) in [5.41, 5.74) is 2.40. The first-order chi connectivity index (χ1) is 7.15. The zero-order chi connectivity index (χ0) is 11.4. The third kappa shape index (κ3) is 2.09. The number of aryl methyl sites for hydroxylation is 1. The van der Waals surface area contributed by atoms with Crippen LogP contribution in [0.25, 0.3) is 0 Å². The summed E-state index contributed by atoms with van der Waals surface area (Å²) < 4.78 is 4.88. The summed E-state index contributed by atoms with van der Waals surface area (Å²) in [4.78, 5) is 25.3. The molecule has 1 N–H and O–H groups in total. The van der Waals surface area contributed by atoms with Gasteiger partial charge in [-0.15, -0.1) is 0 Å². The number of rotatable bonds is 4. The Balaban J connectivity index is 3.14. The van der Waals surface area contributed by atoms with Crippen molar-refractivity contribution in [2.75, 3.05) is 6.61 Å². The van der Waals surface area contributed by atoms with Crippen molar-refractivity contribution >= 4 is 12.3 Å². The molecule has 4 nitrogen and oxygen atoms in total. The minimum atomic E-state index is -0.405. The Hall–Kier alpha value is -1.58. The minimum Gasteiger partial charge on any atom is -0.461 e. The summed E-state index contributed by atoms with van der Waals surface area (Å²) in [5, 5.41) is 0. The monoisotopic (exact) mass is 209 g/mol. The first-order valence-corrected chi connectivity index (χ1v) is 4.99. The fourth-order valence-corrected chi connectivity index (χ4v) is 1.52. The number of carbonyl (C=O) groups is 2. The van der Waals surface area contributed by atoms with E-state index >= 15 is 0 Å². The van der Waals surface area contributed by atoms with Crippen LogP contribution in [-0.2, 0) is 11.2 Å². The Morgan fingerprint density at radius 3 is 2.53 bits per heavy atom. The van der Waals surface area contributed by atoms with E-state index in [0.29, 0.717) is 29.8 Å². The molecule has 1 aromatic heterocycles. The van der Waals surface area contributed by atoms with Gasteiger partial charge in [-0.25, -0.2) is 4.79 Å². The lowest BCUT2D eigenvalue weighted by atomic mass is 10.1. The van der Waals surface area contributed by atoms with Crippen LogP contribution in [-0.4, -0.2) is 23.8 Å². The molecule has 0 aliphatic heterocycles. The third-order valence-corrected chi connectivity index (χ3v) is 2.33. The smallest absolute Gasteiger partial charge is 0.355 e. The number of aromatic amines is 1. The molecule has 82 valence electrons. The molecule has 15 heavy (non-hydrogen) atoms. The van der Waals surface area contributed by atoms with E-state index in [-0.39, 0.29) is 0 Å². The lowest BCUT2D eigenvalue weighted by Crippen LogP contribution is -2.06. The number of carbonyl (C=O) groups excluding carboxylic acids is 2. The Morgan fingerprint density at radius 2 is 2.13 bits per heavy atom. The van der Waals surface area contributed by atoms with Crippen molar-refractivity contribution in [1.82, 2.24) is 4.98 Å². The Labute approximate surface area is 88.6 Å². The summed E-state index contributed by atoms with van der Waals surface area (Å²) in [6.07, 6.45) is 1.46. The number of H-pyrrole nitrogens is 1. The second kappa shape index (κ2) is 4.77. The topological polar surface area (TPSA) is 59.2 Å². The SMILES string of the molecule is CCOC(=O)c1[nH]c(CC)c(C=O)c1C. The van der Waals surface area contributed by atoms with E-state index in [1.807, 2.05) is 6.92 Å². The molecule has 0 aromatic carbocycles. The average Bonchev–Trinajstić information content (AvgIpc) is 2.55. The number of aldehydes is 1. The van der Waals surface area contributed by atoms with Crippen LogP contribution < -0.4 is 0 Å². The molecule has 1 aromatic rings. The van der Waals surface area contributed by atoms with Gasteiger partial charge < -0.3 is 9.72 Å². The highest BCUT2D eigenvalue weighted by atomic mass is 16.5. The van der Waals surface area contributed by atoms with E-state index in [4.69, 9.17) is 4.74 Å². The number of aromatic nitrogens is 1. The molecule has 0 radical (unpaired) electrons. The summed E-state index contributed by atoms with van der Waals surface area (Å²) >= 11 is 0. The van der Waals surface area contributed by atoms with Crippen molar-refractivity contribution in [3.8, 4) is 0 Å². The fraction of sp³-hybridized carbons (Fsp3) is 0.455. The van der Waals surface area contributed by atoms with Gasteiger partial charge in [-0.05, 0) is 25.8 Å². The third-order valence-electron chi connectivity index (χ3n) is 2.33. The standard InChI is InChI=1S/C11H15NO3/c1-4-9-8(6-13)7(3)10(12-9)11(14)15-5-2/h6,12H,4-5H2,1-3H3. The van der Waals surface area contributed by atoms with E-state index < -0.39 is 5.97 Å². The van der Waals surface area contributed by atoms with Gasteiger partial charge in [0.1, 0.15) is 5.69 Å². The maximum absolute atomic E-state index is 11.5. The Bertz CT molecular complexity index is 379. The summed E-state index contributed by atoms with van der Waals surface area (Å²) in [6, 6.07) is 0. The highest BCUT2D eigenvalue weighted by Crippen LogP contribution is 2.17. The second-order valence-electron chi connectivity index (χ2n) is 3.21. The van der Waals surface area contributed by atoms with Gasteiger partial charge in [-0.1, -0.05) is 6.92 Å². The predicted octanol–water partition coefficient (Wildman–Crippen LogP) is 1.87. The Kier molecular flexibility index (Phi) is 3.66. The van der Waals surface area contributed by atoms with Crippen molar-refractivity contribution < 1.29 is 14.3 Å². The molecule has 0 spiro atoms. The van der Waals surface area contributed by atoms with Crippen LogP contribution >= 0.6 is 0 Å². The fourth-order valence-electron chi connectivity index (χ4n) is 1.52. The van der Waals surface area contributed by atoms with E-state index in [9.17, 15) is 9.59 Å². The minimum absolute atomic E-state index is 0.329. The number of nitrogens with one attached hydrogen (secondary N) is 1. The van der Waals surface area contributed by atoms with Crippen LogP contribution in [0.1, 0.15) is 46.0 Å². The second-order valence-corrected chi connectivity index (χ2v) is 3.21. The maximum Gasteiger partial charge on any atom is 0.355 e. The molecular weight excluding hydrogens is 194 g/mol. The molecule has 0 aliphatic carbocycles. The van der Waals surface area contributed by atoms with Crippen LogP contribution in [0.2, 0.25) is 0 Å². The molecule has 0 fully saturated rings. The van der Waals surface area contributed by atoms with Crippen LogP contribution in [0.5, 0.6) is 0 Å². The Morgan fingerprint density at radius 1 is 1.47 bits per heavy atom. The van der Waals surface area contributed by atoms with Gasteiger partial charge in [0, 0.05) is 11.3 Å². The number of hydrogen-bond acceptors (Lipinski definition) is 3.